The summed E-state index contributed by atoms with van der Waals surface area (Å²) in [6.07, 6.45) is 7.35. The summed E-state index contributed by atoms with van der Waals surface area (Å²) in [5, 5.41) is 0. The van der Waals surface area contributed by atoms with Crippen LogP contribution in [0.2, 0.25) is 0 Å². The predicted octanol–water partition coefficient (Wildman–Crippen LogP) is 2.05. The minimum Gasteiger partial charge on any atom is -0.327 e. The number of hydrogen-bond acceptors (Lipinski definition) is 2. The van der Waals surface area contributed by atoms with Gasteiger partial charge in [0.25, 0.3) is 0 Å². The van der Waals surface area contributed by atoms with Gasteiger partial charge in [0.05, 0.1) is 0 Å². The van der Waals surface area contributed by atoms with E-state index < -0.39 is 10.8 Å². The van der Waals surface area contributed by atoms with E-state index in [1.807, 2.05) is 0 Å². The molecular formula is C11H23NOS. The molecule has 1 fully saturated rings. The van der Waals surface area contributed by atoms with Crippen molar-refractivity contribution in [2.45, 2.75) is 51.5 Å². The Hall–Kier alpha value is 0.110. The van der Waals surface area contributed by atoms with E-state index in [1.54, 1.807) is 0 Å². The summed E-state index contributed by atoms with van der Waals surface area (Å²) < 4.78 is 11.7. The van der Waals surface area contributed by atoms with Crippen molar-refractivity contribution in [3.05, 3.63) is 0 Å². The van der Waals surface area contributed by atoms with Gasteiger partial charge in [-0.15, -0.1) is 0 Å². The van der Waals surface area contributed by atoms with E-state index in [1.165, 1.54) is 25.7 Å². The summed E-state index contributed by atoms with van der Waals surface area (Å²) in [6, 6.07) is 0.155. The Labute approximate surface area is 90.1 Å². The van der Waals surface area contributed by atoms with E-state index in [9.17, 15) is 4.21 Å². The van der Waals surface area contributed by atoms with Gasteiger partial charge in [0.15, 0.2) is 0 Å². The second-order valence-electron chi connectivity index (χ2n) is 4.47. The molecule has 0 amide bonds. The highest BCUT2D eigenvalue weighted by molar-refractivity contribution is 7.85. The molecule has 0 aromatic carbocycles. The fourth-order valence-corrected chi connectivity index (χ4v) is 3.84. The van der Waals surface area contributed by atoms with Gasteiger partial charge in [0.2, 0.25) is 0 Å². The van der Waals surface area contributed by atoms with E-state index in [0.29, 0.717) is 5.75 Å². The van der Waals surface area contributed by atoms with Crippen molar-refractivity contribution in [2.75, 3.05) is 11.5 Å². The van der Waals surface area contributed by atoms with Crippen LogP contribution in [0, 0.1) is 5.92 Å². The van der Waals surface area contributed by atoms with Gasteiger partial charge in [0, 0.05) is 28.3 Å². The Kier molecular flexibility index (Phi) is 5.71. The van der Waals surface area contributed by atoms with Crippen molar-refractivity contribution < 1.29 is 4.21 Å². The zero-order valence-electron chi connectivity index (χ0n) is 9.21. The van der Waals surface area contributed by atoms with Crippen molar-refractivity contribution in [1.29, 1.82) is 0 Å². The maximum Gasteiger partial charge on any atom is 0.0386 e. The molecule has 0 heterocycles. The van der Waals surface area contributed by atoms with Crippen molar-refractivity contribution in [3.63, 3.8) is 0 Å². The van der Waals surface area contributed by atoms with E-state index >= 15 is 0 Å². The Morgan fingerprint density at radius 2 is 2.07 bits per heavy atom. The zero-order chi connectivity index (χ0) is 10.4. The van der Waals surface area contributed by atoms with Crippen molar-refractivity contribution in [1.82, 2.24) is 0 Å². The van der Waals surface area contributed by atoms with Crippen LogP contribution in [-0.4, -0.2) is 21.8 Å². The second-order valence-corrected chi connectivity index (χ2v) is 6.02. The Bertz CT molecular complexity index is 178. The molecule has 2 nitrogen and oxygen atoms in total. The quantitative estimate of drug-likeness (QED) is 0.740. The molecule has 0 spiro atoms. The third-order valence-electron chi connectivity index (χ3n) is 2.96. The monoisotopic (exact) mass is 217 g/mol. The Morgan fingerprint density at radius 1 is 1.43 bits per heavy atom. The van der Waals surface area contributed by atoms with Crippen LogP contribution in [0.5, 0.6) is 0 Å². The number of rotatable bonds is 6. The summed E-state index contributed by atoms with van der Waals surface area (Å²) in [5.74, 6) is 2.34. The fraction of sp³-hybridized carbons (Fsp3) is 1.00. The third kappa shape index (κ3) is 4.56. The summed E-state index contributed by atoms with van der Waals surface area (Å²) in [7, 11) is -0.666. The molecule has 0 aromatic heterocycles. The molecule has 3 heteroatoms. The standard InChI is InChI=1S/C11H23NOS/c1-2-5-11(12)9-14(13)8-10-6-3-4-7-10/h10-11H,2-9,12H2,1H3. The first kappa shape index (κ1) is 12.2. The molecule has 0 saturated heterocycles. The molecule has 0 aliphatic heterocycles. The highest BCUT2D eigenvalue weighted by atomic mass is 32.2. The van der Waals surface area contributed by atoms with Crippen LogP contribution < -0.4 is 5.73 Å². The van der Waals surface area contributed by atoms with E-state index in [0.717, 1.165) is 24.5 Å². The Balaban J connectivity index is 2.14. The molecule has 1 aliphatic carbocycles. The molecule has 2 unspecified atom stereocenters. The molecule has 0 bridgehead atoms. The second kappa shape index (κ2) is 6.57. The first-order valence-corrected chi connectivity index (χ1v) is 7.31. The van der Waals surface area contributed by atoms with Crippen LogP contribution in [0.4, 0.5) is 0 Å². The van der Waals surface area contributed by atoms with Crippen LogP contribution in [-0.2, 0) is 10.8 Å². The summed E-state index contributed by atoms with van der Waals surface area (Å²) in [5.41, 5.74) is 5.87. The maximum absolute atomic E-state index is 11.7. The van der Waals surface area contributed by atoms with Crippen LogP contribution in [0.1, 0.15) is 45.4 Å². The molecule has 14 heavy (non-hydrogen) atoms. The van der Waals surface area contributed by atoms with Crippen molar-refractivity contribution >= 4 is 10.8 Å². The van der Waals surface area contributed by atoms with Gasteiger partial charge in [-0.05, 0) is 25.2 Å². The lowest BCUT2D eigenvalue weighted by Gasteiger charge is -2.12. The molecule has 2 N–H and O–H groups in total. The molecule has 0 aromatic rings. The SMILES string of the molecule is CCCC(N)CS(=O)CC1CCCC1. The Morgan fingerprint density at radius 3 is 2.64 bits per heavy atom. The molecular weight excluding hydrogens is 194 g/mol. The molecule has 84 valence electrons. The molecule has 0 radical (unpaired) electrons. The lowest BCUT2D eigenvalue weighted by molar-refractivity contribution is 0.595. The largest absolute Gasteiger partial charge is 0.327 e. The van der Waals surface area contributed by atoms with Gasteiger partial charge >= 0.3 is 0 Å². The average molecular weight is 217 g/mol. The van der Waals surface area contributed by atoms with Gasteiger partial charge in [-0.1, -0.05) is 26.2 Å². The van der Waals surface area contributed by atoms with Crippen molar-refractivity contribution in [3.8, 4) is 0 Å². The fourth-order valence-electron chi connectivity index (χ4n) is 2.20. The van der Waals surface area contributed by atoms with Gasteiger partial charge in [-0.3, -0.25) is 4.21 Å². The average Bonchev–Trinajstić information content (AvgIpc) is 2.56. The molecule has 1 saturated carbocycles. The minimum absolute atomic E-state index is 0.155. The van der Waals surface area contributed by atoms with Crippen LogP contribution in [0.25, 0.3) is 0 Å². The minimum atomic E-state index is -0.666. The summed E-state index contributed by atoms with van der Waals surface area (Å²) in [4.78, 5) is 0. The molecule has 1 rings (SSSR count). The van der Waals surface area contributed by atoms with E-state index in [-0.39, 0.29) is 6.04 Å². The molecule has 1 aliphatic rings. The van der Waals surface area contributed by atoms with E-state index in [4.69, 9.17) is 5.73 Å². The topological polar surface area (TPSA) is 43.1 Å². The smallest absolute Gasteiger partial charge is 0.0386 e. The van der Waals surface area contributed by atoms with Crippen LogP contribution >= 0.6 is 0 Å². The van der Waals surface area contributed by atoms with Gasteiger partial charge in [-0.25, -0.2) is 0 Å². The van der Waals surface area contributed by atoms with Gasteiger partial charge < -0.3 is 5.73 Å². The lowest BCUT2D eigenvalue weighted by atomic mass is 10.1. The predicted molar refractivity (Wildman–Crippen MR) is 62.7 cm³/mol. The first-order valence-electron chi connectivity index (χ1n) is 5.83. The highest BCUT2D eigenvalue weighted by Gasteiger charge is 2.18. The van der Waals surface area contributed by atoms with Crippen LogP contribution in [0.3, 0.4) is 0 Å². The zero-order valence-corrected chi connectivity index (χ0v) is 10.0. The highest BCUT2D eigenvalue weighted by Crippen LogP contribution is 2.25. The number of nitrogens with two attached hydrogens (primary N) is 1. The lowest BCUT2D eigenvalue weighted by Crippen LogP contribution is -2.28. The first-order chi connectivity index (χ1) is 6.72. The van der Waals surface area contributed by atoms with Crippen molar-refractivity contribution in [2.24, 2.45) is 11.7 Å². The van der Waals surface area contributed by atoms with Gasteiger partial charge in [-0.2, -0.15) is 0 Å². The third-order valence-corrected chi connectivity index (χ3v) is 4.60. The van der Waals surface area contributed by atoms with E-state index in [2.05, 4.69) is 6.92 Å². The number of hydrogen-bond donors (Lipinski definition) is 1. The maximum atomic E-state index is 11.7. The van der Waals surface area contributed by atoms with Gasteiger partial charge in [0.1, 0.15) is 0 Å². The summed E-state index contributed by atoms with van der Waals surface area (Å²) in [6.45, 7) is 2.12. The van der Waals surface area contributed by atoms with Crippen LogP contribution in [0.15, 0.2) is 0 Å². The summed E-state index contributed by atoms with van der Waals surface area (Å²) >= 11 is 0. The molecule has 2 atom stereocenters. The normalized spacial score (nSPS) is 22.4.